The van der Waals surface area contributed by atoms with Gasteiger partial charge >= 0.3 is 0 Å². The van der Waals surface area contributed by atoms with Crippen LogP contribution in [0.5, 0.6) is 0 Å². The van der Waals surface area contributed by atoms with Crippen LogP contribution in [0.15, 0.2) is 12.4 Å². The van der Waals surface area contributed by atoms with Crippen LogP contribution < -0.4 is 5.73 Å². The topological polar surface area (TPSA) is 64.2 Å². The minimum Gasteiger partial charge on any atom is -0.334 e. The maximum absolute atomic E-state index is 12.3. The Morgan fingerprint density at radius 1 is 1.56 bits per heavy atom. The zero-order chi connectivity index (χ0) is 12.3. The van der Waals surface area contributed by atoms with E-state index in [-0.39, 0.29) is 24.4 Å². The predicted molar refractivity (Wildman–Crippen MR) is 72.9 cm³/mol. The number of nitrogens with zero attached hydrogens (tertiary/aromatic N) is 3. The second-order valence-corrected chi connectivity index (χ2v) is 4.47. The van der Waals surface area contributed by atoms with Gasteiger partial charge in [0.05, 0.1) is 11.8 Å². The Kier molecular flexibility index (Phi) is 5.62. The van der Waals surface area contributed by atoms with E-state index in [0.717, 1.165) is 25.9 Å². The molecule has 0 aliphatic carbocycles. The number of hydrogen-bond acceptors (Lipinski definition) is 3. The van der Waals surface area contributed by atoms with Crippen molar-refractivity contribution in [3.63, 3.8) is 0 Å². The maximum atomic E-state index is 12.3. The molecule has 1 unspecified atom stereocenters. The van der Waals surface area contributed by atoms with E-state index in [1.165, 1.54) is 6.42 Å². The number of rotatable bonds is 3. The average molecular weight is 273 g/mol. The molecule has 1 fully saturated rings. The number of carbonyl (C=O) groups is 1. The Morgan fingerprint density at radius 3 is 2.94 bits per heavy atom. The van der Waals surface area contributed by atoms with Crippen molar-refractivity contribution in [1.29, 1.82) is 0 Å². The van der Waals surface area contributed by atoms with Crippen molar-refractivity contribution in [3.8, 4) is 0 Å². The summed E-state index contributed by atoms with van der Waals surface area (Å²) in [6, 6.07) is 0.196. The molecule has 0 spiro atoms. The molecular weight excluding hydrogens is 252 g/mol. The quantitative estimate of drug-likeness (QED) is 0.901. The van der Waals surface area contributed by atoms with Crippen molar-refractivity contribution in [1.82, 2.24) is 14.7 Å². The van der Waals surface area contributed by atoms with Gasteiger partial charge in [-0.25, -0.2) is 0 Å². The van der Waals surface area contributed by atoms with E-state index in [2.05, 4.69) is 5.10 Å². The van der Waals surface area contributed by atoms with Crippen LogP contribution in [0.4, 0.5) is 0 Å². The minimum absolute atomic E-state index is 0. The Hall–Kier alpha value is -1.07. The van der Waals surface area contributed by atoms with Gasteiger partial charge in [0.25, 0.3) is 5.91 Å². The summed E-state index contributed by atoms with van der Waals surface area (Å²) in [6.07, 6.45) is 6.71. The summed E-state index contributed by atoms with van der Waals surface area (Å²) in [7, 11) is 0. The average Bonchev–Trinajstić information content (AvgIpc) is 2.86. The molecule has 2 N–H and O–H groups in total. The smallest absolute Gasteiger partial charge is 0.257 e. The fourth-order valence-corrected chi connectivity index (χ4v) is 2.33. The lowest BCUT2D eigenvalue weighted by molar-refractivity contribution is 0.0623. The summed E-state index contributed by atoms with van der Waals surface area (Å²) in [6.45, 7) is 4.16. The standard InChI is InChI=1S/C12H20N4O.ClH/c1-2-15-9-10(8-14-15)12(17)16-6-4-3-5-11(16)7-13;/h8-9,11H,2-7,13H2,1H3;1H. The first-order chi connectivity index (χ1) is 8.26. The number of aromatic nitrogens is 2. The molecule has 102 valence electrons. The lowest BCUT2D eigenvalue weighted by Gasteiger charge is -2.34. The van der Waals surface area contributed by atoms with Crippen LogP contribution in [0.1, 0.15) is 36.5 Å². The molecule has 0 radical (unpaired) electrons. The number of amides is 1. The molecule has 1 aromatic rings. The third kappa shape index (κ3) is 3.03. The summed E-state index contributed by atoms with van der Waals surface area (Å²) in [5.41, 5.74) is 6.40. The van der Waals surface area contributed by atoms with Gasteiger partial charge in [-0.2, -0.15) is 5.10 Å². The zero-order valence-corrected chi connectivity index (χ0v) is 11.5. The van der Waals surface area contributed by atoms with E-state index >= 15 is 0 Å². The molecule has 0 saturated carbocycles. The van der Waals surface area contributed by atoms with Gasteiger partial charge in [0.1, 0.15) is 0 Å². The molecular formula is C12H21ClN4O. The van der Waals surface area contributed by atoms with Gasteiger partial charge in [-0.1, -0.05) is 0 Å². The molecule has 1 aliphatic heterocycles. The van der Waals surface area contributed by atoms with Crippen LogP contribution in [-0.4, -0.2) is 39.7 Å². The third-order valence-corrected chi connectivity index (χ3v) is 3.36. The molecule has 1 aliphatic rings. The Bertz CT molecular complexity index is 393. The van der Waals surface area contributed by atoms with Gasteiger partial charge in [0.15, 0.2) is 0 Å². The zero-order valence-electron chi connectivity index (χ0n) is 10.7. The van der Waals surface area contributed by atoms with Gasteiger partial charge in [0, 0.05) is 31.9 Å². The number of halogens is 1. The highest BCUT2D eigenvalue weighted by Crippen LogP contribution is 2.18. The predicted octanol–water partition coefficient (Wildman–Crippen LogP) is 1.28. The molecule has 1 saturated heterocycles. The Labute approximate surface area is 114 Å². The lowest BCUT2D eigenvalue weighted by Crippen LogP contribution is -2.47. The molecule has 1 atom stereocenters. The first-order valence-electron chi connectivity index (χ1n) is 6.29. The lowest BCUT2D eigenvalue weighted by atomic mass is 10.0. The number of nitrogens with two attached hydrogens (primary N) is 1. The van der Waals surface area contributed by atoms with Crippen LogP contribution >= 0.6 is 12.4 Å². The maximum Gasteiger partial charge on any atom is 0.257 e. The Balaban J connectivity index is 0.00000162. The van der Waals surface area contributed by atoms with Crippen molar-refractivity contribution in [3.05, 3.63) is 18.0 Å². The Morgan fingerprint density at radius 2 is 2.33 bits per heavy atom. The molecule has 2 rings (SSSR count). The fraction of sp³-hybridized carbons (Fsp3) is 0.667. The molecule has 5 nitrogen and oxygen atoms in total. The van der Waals surface area contributed by atoms with Gasteiger partial charge < -0.3 is 10.6 Å². The van der Waals surface area contributed by atoms with Crippen molar-refractivity contribution in [2.24, 2.45) is 5.73 Å². The highest BCUT2D eigenvalue weighted by Gasteiger charge is 2.26. The second kappa shape index (κ2) is 6.75. The molecule has 1 amide bonds. The second-order valence-electron chi connectivity index (χ2n) is 4.47. The van der Waals surface area contributed by atoms with E-state index < -0.39 is 0 Å². The van der Waals surface area contributed by atoms with Crippen LogP contribution in [0, 0.1) is 0 Å². The van der Waals surface area contributed by atoms with E-state index in [1.807, 2.05) is 18.0 Å². The number of likely N-dealkylation sites (tertiary alicyclic amines) is 1. The van der Waals surface area contributed by atoms with Gasteiger partial charge in [-0.3, -0.25) is 9.48 Å². The monoisotopic (exact) mass is 272 g/mol. The largest absolute Gasteiger partial charge is 0.334 e. The summed E-state index contributed by atoms with van der Waals surface area (Å²) in [5.74, 6) is 0.0693. The van der Waals surface area contributed by atoms with E-state index in [4.69, 9.17) is 5.73 Å². The van der Waals surface area contributed by atoms with Crippen LogP contribution in [-0.2, 0) is 6.54 Å². The normalized spacial score (nSPS) is 19.4. The van der Waals surface area contributed by atoms with Crippen molar-refractivity contribution >= 4 is 18.3 Å². The van der Waals surface area contributed by atoms with E-state index in [1.54, 1.807) is 10.9 Å². The van der Waals surface area contributed by atoms with Crippen molar-refractivity contribution < 1.29 is 4.79 Å². The molecule has 18 heavy (non-hydrogen) atoms. The van der Waals surface area contributed by atoms with Gasteiger partial charge in [0.2, 0.25) is 0 Å². The van der Waals surface area contributed by atoms with E-state index in [0.29, 0.717) is 12.1 Å². The SMILES string of the molecule is CCn1cc(C(=O)N2CCCCC2CN)cn1.Cl. The number of aryl methyl sites for hydroxylation is 1. The number of carbonyl (C=O) groups excluding carboxylic acids is 1. The van der Waals surface area contributed by atoms with E-state index in [9.17, 15) is 4.79 Å². The highest BCUT2D eigenvalue weighted by atomic mass is 35.5. The van der Waals surface area contributed by atoms with Crippen LogP contribution in [0.3, 0.4) is 0 Å². The van der Waals surface area contributed by atoms with Crippen molar-refractivity contribution in [2.75, 3.05) is 13.1 Å². The fourth-order valence-electron chi connectivity index (χ4n) is 2.33. The van der Waals surface area contributed by atoms with Crippen LogP contribution in [0.25, 0.3) is 0 Å². The number of piperidine rings is 1. The third-order valence-electron chi connectivity index (χ3n) is 3.36. The molecule has 0 aromatic carbocycles. The summed E-state index contributed by atoms with van der Waals surface area (Å²) in [5, 5.41) is 4.14. The van der Waals surface area contributed by atoms with Crippen LogP contribution in [0.2, 0.25) is 0 Å². The summed E-state index contributed by atoms with van der Waals surface area (Å²) < 4.78 is 1.77. The molecule has 6 heteroatoms. The molecule has 1 aromatic heterocycles. The first-order valence-corrected chi connectivity index (χ1v) is 6.29. The highest BCUT2D eigenvalue weighted by molar-refractivity contribution is 5.94. The van der Waals surface area contributed by atoms with Crippen molar-refractivity contribution in [2.45, 2.75) is 38.8 Å². The molecule has 2 heterocycles. The van der Waals surface area contributed by atoms with Gasteiger partial charge in [-0.05, 0) is 26.2 Å². The number of hydrogen-bond donors (Lipinski definition) is 1. The molecule has 0 bridgehead atoms. The summed E-state index contributed by atoms with van der Waals surface area (Å²) >= 11 is 0. The minimum atomic E-state index is 0. The first kappa shape index (κ1) is 15.0. The van der Waals surface area contributed by atoms with Gasteiger partial charge in [-0.15, -0.1) is 12.4 Å². The summed E-state index contributed by atoms with van der Waals surface area (Å²) in [4.78, 5) is 14.2.